The van der Waals surface area contributed by atoms with E-state index < -0.39 is 10.0 Å². The van der Waals surface area contributed by atoms with Gasteiger partial charge >= 0.3 is 0 Å². The van der Waals surface area contributed by atoms with Crippen LogP contribution in [0.5, 0.6) is 0 Å². The minimum atomic E-state index is -4.00. The first-order chi connectivity index (χ1) is 14.3. The number of anilines is 1. The molecule has 0 aliphatic heterocycles. The van der Waals surface area contributed by atoms with Crippen LogP contribution in [0.3, 0.4) is 0 Å². The highest BCUT2D eigenvalue weighted by Crippen LogP contribution is 2.30. The Kier molecular flexibility index (Phi) is 7.02. The molecule has 8 heteroatoms. The molecular weight excluding hydrogens is 443 g/mol. The number of hydrogen-bond acceptors (Lipinski definition) is 3. The van der Waals surface area contributed by atoms with Crippen LogP contribution in [0.4, 0.5) is 5.69 Å². The third kappa shape index (κ3) is 5.14. The molecule has 0 N–H and O–H groups in total. The van der Waals surface area contributed by atoms with Crippen LogP contribution in [-0.4, -0.2) is 32.8 Å². The molecule has 30 heavy (non-hydrogen) atoms. The predicted octanol–water partition coefficient (Wildman–Crippen LogP) is 4.85. The summed E-state index contributed by atoms with van der Waals surface area (Å²) in [5.41, 5.74) is 1.13. The Labute approximate surface area is 186 Å². The van der Waals surface area contributed by atoms with Crippen molar-refractivity contribution in [1.82, 2.24) is 4.90 Å². The van der Waals surface area contributed by atoms with E-state index in [0.717, 1.165) is 9.87 Å². The van der Waals surface area contributed by atoms with Gasteiger partial charge in [-0.2, -0.15) is 0 Å². The molecule has 3 rings (SSSR count). The van der Waals surface area contributed by atoms with E-state index in [1.165, 1.54) is 17.0 Å². The zero-order valence-corrected chi connectivity index (χ0v) is 18.5. The number of rotatable bonds is 7. The summed E-state index contributed by atoms with van der Waals surface area (Å²) < 4.78 is 27.7. The van der Waals surface area contributed by atoms with Crippen molar-refractivity contribution in [2.24, 2.45) is 0 Å². The van der Waals surface area contributed by atoms with Crippen molar-refractivity contribution in [2.75, 3.05) is 17.9 Å². The lowest BCUT2D eigenvalue weighted by atomic mass is 10.2. The van der Waals surface area contributed by atoms with E-state index >= 15 is 0 Å². The van der Waals surface area contributed by atoms with Crippen molar-refractivity contribution in [3.05, 3.63) is 94.5 Å². The van der Waals surface area contributed by atoms with E-state index in [-0.39, 0.29) is 28.1 Å². The molecule has 0 saturated heterocycles. The normalized spacial score (nSPS) is 11.2. The van der Waals surface area contributed by atoms with Gasteiger partial charge < -0.3 is 4.90 Å². The molecule has 156 valence electrons. The van der Waals surface area contributed by atoms with Crippen molar-refractivity contribution < 1.29 is 13.2 Å². The molecule has 0 atom stereocenters. The number of carbonyl (C=O) groups excluding carboxylic acids is 1. The Bertz CT molecular complexity index is 1120. The first-order valence-corrected chi connectivity index (χ1v) is 11.3. The maximum Gasteiger partial charge on any atom is 0.264 e. The lowest BCUT2D eigenvalue weighted by Gasteiger charge is -2.27. The van der Waals surface area contributed by atoms with Gasteiger partial charge in [-0.3, -0.25) is 9.10 Å². The molecule has 0 heterocycles. The molecule has 0 aliphatic carbocycles. The second kappa shape index (κ2) is 9.51. The molecule has 0 aromatic heterocycles. The van der Waals surface area contributed by atoms with Crippen molar-refractivity contribution >= 4 is 44.8 Å². The first-order valence-electron chi connectivity index (χ1n) is 9.10. The molecule has 5 nitrogen and oxygen atoms in total. The van der Waals surface area contributed by atoms with E-state index in [2.05, 4.69) is 0 Å². The van der Waals surface area contributed by atoms with E-state index in [1.54, 1.807) is 61.6 Å². The summed E-state index contributed by atoms with van der Waals surface area (Å²) in [6.45, 7) is -0.0667. The van der Waals surface area contributed by atoms with Gasteiger partial charge in [-0.15, -0.1) is 0 Å². The van der Waals surface area contributed by atoms with Crippen LogP contribution < -0.4 is 4.31 Å². The van der Waals surface area contributed by atoms with E-state index in [0.29, 0.717) is 11.6 Å². The van der Waals surface area contributed by atoms with Crippen molar-refractivity contribution in [3.63, 3.8) is 0 Å². The summed E-state index contributed by atoms with van der Waals surface area (Å²) in [7, 11) is -2.38. The first kappa shape index (κ1) is 22.2. The van der Waals surface area contributed by atoms with Gasteiger partial charge in [-0.1, -0.05) is 65.7 Å². The number of hydrogen-bond donors (Lipinski definition) is 0. The Morgan fingerprint density at radius 2 is 1.47 bits per heavy atom. The van der Waals surface area contributed by atoms with Crippen LogP contribution in [0.15, 0.2) is 83.8 Å². The average Bonchev–Trinajstić information content (AvgIpc) is 2.74. The SMILES string of the molecule is CN(Cc1ccc(Cl)cc1)C(=O)CN(c1ccccc1Cl)S(=O)(=O)c1ccccc1. The summed E-state index contributed by atoms with van der Waals surface area (Å²) >= 11 is 12.2. The predicted molar refractivity (Wildman–Crippen MR) is 120 cm³/mol. The maximum absolute atomic E-state index is 13.3. The number of carbonyl (C=O) groups is 1. The van der Waals surface area contributed by atoms with Gasteiger partial charge in [-0.25, -0.2) is 8.42 Å². The lowest BCUT2D eigenvalue weighted by molar-refractivity contribution is -0.128. The van der Waals surface area contributed by atoms with Crippen LogP contribution in [0, 0.1) is 0 Å². The van der Waals surface area contributed by atoms with Crippen molar-refractivity contribution in [1.29, 1.82) is 0 Å². The van der Waals surface area contributed by atoms with E-state index in [9.17, 15) is 13.2 Å². The number of benzene rings is 3. The van der Waals surface area contributed by atoms with Crippen molar-refractivity contribution in [3.8, 4) is 0 Å². The van der Waals surface area contributed by atoms with E-state index in [1.807, 2.05) is 12.1 Å². The number of likely N-dealkylation sites (N-methyl/N-ethyl adjacent to an activating group) is 1. The maximum atomic E-state index is 13.3. The standard InChI is InChI=1S/C22H20Cl2N2O3S/c1-25(15-17-11-13-18(23)14-12-17)22(27)16-26(21-10-6-5-9-20(21)24)30(28,29)19-7-3-2-4-8-19/h2-14H,15-16H2,1H3. The van der Waals surface area contributed by atoms with Crippen molar-refractivity contribution in [2.45, 2.75) is 11.4 Å². The highest BCUT2D eigenvalue weighted by atomic mass is 35.5. The topological polar surface area (TPSA) is 57.7 Å². The quantitative estimate of drug-likeness (QED) is 0.504. The number of amides is 1. The average molecular weight is 463 g/mol. The summed E-state index contributed by atoms with van der Waals surface area (Å²) in [6.07, 6.45) is 0. The summed E-state index contributed by atoms with van der Waals surface area (Å²) in [6, 6.07) is 21.6. The highest BCUT2D eigenvalue weighted by molar-refractivity contribution is 7.92. The van der Waals surface area contributed by atoms with Gasteiger partial charge in [-0.05, 0) is 42.0 Å². The summed E-state index contributed by atoms with van der Waals surface area (Å²) in [5.74, 6) is -0.371. The largest absolute Gasteiger partial charge is 0.340 e. The third-order valence-corrected chi connectivity index (χ3v) is 6.84. The fraction of sp³-hybridized carbons (Fsp3) is 0.136. The Morgan fingerprint density at radius 1 is 0.867 bits per heavy atom. The van der Waals surface area contributed by atoms with Gasteiger partial charge in [0.15, 0.2) is 0 Å². The number of sulfonamides is 1. The fourth-order valence-corrected chi connectivity index (χ4v) is 4.74. The van der Waals surface area contributed by atoms with Crippen LogP contribution in [-0.2, 0) is 21.4 Å². The molecule has 0 spiro atoms. The number of nitrogens with zero attached hydrogens (tertiary/aromatic N) is 2. The number of halogens is 2. The van der Waals surface area contributed by atoms with Gasteiger partial charge in [0.1, 0.15) is 6.54 Å². The number of para-hydroxylation sites is 1. The second-order valence-corrected chi connectivity index (χ2v) is 9.36. The molecule has 0 aliphatic rings. The molecule has 3 aromatic rings. The third-order valence-electron chi connectivity index (χ3n) is 4.49. The van der Waals surface area contributed by atoms with Crippen LogP contribution in [0.25, 0.3) is 0 Å². The van der Waals surface area contributed by atoms with Crippen LogP contribution in [0.2, 0.25) is 10.0 Å². The minimum absolute atomic E-state index is 0.0816. The highest BCUT2D eigenvalue weighted by Gasteiger charge is 2.29. The summed E-state index contributed by atoms with van der Waals surface area (Å²) in [4.78, 5) is 14.5. The Hall–Kier alpha value is -2.54. The Balaban J connectivity index is 1.90. The molecule has 0 bridgehead atoms. The van der Waals surface area contributed by atoms with Gasteiger partial charge in [0, 0.05) is 18.6 Å². The summed E-state index contributed by atoms with van der Waals surface area (Å²) in [5, 5.41) is 0.844. The molecule has 1 amide bonds. The van der Waals surface area contributed by atoms with E-state index in [4.69, 9.17) is 23.2 Å². The molecule has 0 saturated carbocycles. The molecule has 0 radical (unpaired) electrons. The monoisotopic (exact) mass is 462 g/mol. The van der Waals surface area contributed by atoms with Crippen LogP contribution >= 0.6 is 23.2 Å². The van der Waals surface area contributed by atoms with Gasteiger partial charge in [0.05, 0.1) is 15.6 Å². The molecule has 0 fully saturated rings. The molecule has 3 aromatic carbocycles. The minimum Gasteiger partial charge on any atom is -0.340 e. The van der Waals surface area contributed by atoms with Gasteiger partial charge in [0.25, 0.3) is 10.0 Å². The second-order valence-electron chi connectivity index (χ2n) is 6.65. The van der Waals surface area contributed by atoms with Crippen LogP contribution in [0.1, 0.15) is 5.56 Å². The van der Waals surface area contributed by atoms with Gasteiger partial charge in [0.2, 0.25) is 5.91 Å². The lowest BCUT2D eigenvalue weighted by Crippen LogP contribution is -2.41. The zero-order chi connectivity index (χ0) is 21.7. The molecular formula is C22H20Cl2N2O3S. The Morgan fingerprint density at radius 3 is 2.10 bits per heavy atom. The zero-order valence-electron chi connectivity index (χ0n) is 16.2. The smallest absolute Gasteiger partial charge is 0.264 e. The fourth-order valence-electron chi connectivity index (χ4n) is 2.87. The molecule has 0 unspecified atom stereocenters.